The molecule has 0 radical (unpaired) electrons. The predicted molar refractivity (Wildman–Crippen MR) is 112 cm³/mol. The molecule has 1 aromatic rings. The molecule has 1 aliphatic heterocycles. The van der Waals surface area contributed by atoms with E-state index in [1.165, 1.54) is 17.7 Å². The molecular weight excluding hydrogens is 354 g/mol. The summed E-state index contributed by atoms with van der Waals surface area (Å²) in [5.74, 6) is -0.425. The number of unbranched alkanes of at least 4 members (excludes halogenated alkanes) is 2. The molecule has 1 N–H and O–H groups in total. The molecule has 0 spiro atoms. The summed E-state index contributed by atoms with van der Waals surface area (Å²) in [4.78, 5) is 28.5. The van der Waals surface area contributed by atoms with E-state index in [-0.39, 0.29) is 6.03 Å². The lowest BCUT2D eigenvalue weighted by Gasteiger charge is -2.33. The van der Waals surface area contributed by atoms with E-state index in [0.717, 1.165) is 44.3 Å². The molecule has 1 aliphatic rings. The van der Waals surface area contributed by atoms with Gasteiger partial charge in [-0.25, -0.2) is 9.59 Å². The van der Waals surface area contributed by atoms with Crippen LogP contribution in [0, 0.1) is 0 Å². The summed E-state index contributed by atoms with van der Waals surface area (Å²) in [6.45, 7) is 8.24. The van der Waals surface area contributed by atoms with E-state index >= 15 is 0 Å². The van der Waals surface area contributed by atoms with Crippen LogP contribution in [0.3, 0.4) is 0 Å². The van der Waals surface area contributed by atoms with Gasteiger partial charge < -0.3 is 19.9 Å². The molecule has 6 heteroatoms. The number of rotatable bonds is 9. The number of nitrogens with zero attached hydrogens (tertiary/aromatic N) is 2. The Morgan fingerprint density at radius 2 is 1.71 bits per heavy atom. The first-order chi connectivity index (χ1) is 13.4. The van der Waals surface area contributed by atoms with E-state index in [9.17, 15) is 9.59 Å². The zero-order valence-electron chi connectivity index (χ0n) is 17.7. The summed E-state index contributed by atoms with van der Waals surface area (Å²) in [7, 11) is 3.00. The van der Waals surface area contributed by atoms with Crippen molar-refractivity contribution in [3.63, 3.8) is 0 Å². The number of anilines is 1. The smallest absolute Gasteiger partial charge is 0.337 e. The number of benzene rings is 1. The summed E-state index contributed by atoms with van der Waals surface area (Å²) < 4.78 is 4.96. The number of urea groups is 1. The van der Waals surface area contributed by atoms with Crippen molar-refractivity contribution < 1.29 is 14.3 Å². The molecule has 6 nitrogen and oxygen atoms in total. The number of hydrogen-bond donors (Lipinski definition) is 1. The molecule has 0 aliphatic carbocycles. The minimum absolute atomic E-state index is 0.230. The molecule has 154 valence electrons. The van der Waals surface area contributed by atoms with Crippen molar-refractivity contribution in [3.8, 4) is 0 Å². The van der Waals surface area contributed by atoms with Crippen molar-refractivity contribution in [3.05, 3.63) is 41.1 Å². The van der Waals surface area contributed by atoms with Crippen molar-refractivity contribution in [2.24, 2.45) is 0 Å². The van der Waals surface area contributed by atoms with E-state index in [4.69, 9.17) is 4.74 Å². The Kier molecular flexibility index (Phi) is 7.91. The largest absolute Gasteiger partial charge is 0.466 e. The fraction of sp³-hybridized carbons (Fsp3) is 0.545. The van der Waals surface area contributed by atoms with Gasteiger partial charge in [0.05, 0.1) is 18.7 Å². The molecule has 0 saturated heterocycles. The number of ether oxygens (including phenoxy) is 1. The molecule has 0 unspecified atom stereocenters. The Bertz CT molecular complexity index is 704. The monoisotopic (exact) mass is 387 g/mol. The third kappa shape index (κ3) is 4.86. The molecule has 1 atom stereocenters. The molecule has 2 rings (SSSR count). The molecule has 28 heavy (non-hydrogen) atoms. The van der Waals surface area contributed by atoms with Crippen molar-refractivity contribution in [2.75, 3.05) is 32.1 Å². The molecule has 0 fully saturated rings. The second-order valence-electron chi connectivity index (χ2n) is 7.22. The third-order valence-corrected chi connectivity index (χ3v) is 5.31. The highest BCUT2D eigenvalue weighted by Gasteiger charge is 2.34. The number of esters is 1. The molecule has 1 heterocycles. The van der Waals surface area contributed by atoms with Crippen LogP contribution in [0.15, 0.2) is 35.5 Å². The van der Waals surface area contributed by atoms with E-state index in [2.05, 4.69) is 36.2 Å². The summed E-state index contributed by atoms with van der Waals surface area (Å²) in [5.41, 5.74) is 3.12. The third-order valence-electron chi connectivity index (χ3n) is 5.31. The van der Waals surface area contributed by atoms with Crippen LogP contribution in [0.5, 0.6) is 0 Å². The van der Waals surface area contributed by atoms with Gasteiger partial charge in [0.15, 0.2) is 0 Å². The highest BCUT2D eigenvalue weighted by atomic mass is 16.5. The van der Waals surface area contributed by atoms with Gasteiger partial charge in [-0.1, -0.05) is 38.8 Å². The maximum absolute atomic E-state index is 12.4. The van der Waals surface area contributed by atoms with Crippen LogP contribution >= 0.6 is 0 Å². The summed E-state index contributed by atoms with van der Waals surface area (Å²) >= 11 is 0. The minimum Gasteiger partial charge on any atom is -0.466 e. The Labute approximate surface area is 168 Å². The lowest BCUT2D eigenvalue weighted by Crippen LogP contribution is -2.46. The van der Waals surface area contributed by atoms with E-state index < -0.39 is 12.0 Å². The van der Waals surface area contributed by atoms with Gasteiger partial charge in [0.2, 0.25) is 0 Å². The number of amides is 2. The van der Waals surface area contributed by atoms with E-state index in [0.29, 0.717) is 11.3 Å². The lowest BCUT2D eigenvalue weighted by molar-refractivity contribution is -0.136. The van der Waals surface area contributed by atoms with Gasteiger partial charge in [-0.3, -0.25) is 0 Å². The maximum atomic E-state index is 12.4. The Morgan fingerprint density at radius 3 is 2.21 bits per heavy atom. The van der Waals surface area contributed by atoms with E-state index in [1.807, 2.05) is 12.1 Å². The van der Waals surface area contributed by atoms with Gasteiger partial charge in [-0.15, -0.1) is 0 Å². The summed E-state index contributed by atoms with van der Waals surface area (Å²) in [6, 6.07) is 7.40. The van der Waals surface area contributed by atoms with E-state index in [1.54, 1.807) is 14.0 Å². The van der Waals surface area contributed by atoms with Crippen molar-refractivity contribution in [2.45, 2.75) is 52.5 Å². The van der Waals surface area contributed by atoms with Crippen molar-refractivity contribution in [1.82, 2.24) is 10.2 Å². The van der Waals surface area contributed by atoms with Crippen molar-refractivity contribution >= 4 is 17.7 Å². The number of hydrogen-bond acceptors (Lipinski definition) is 4. The standard InChI is InChI=1S/C22H33N3O3/c1-6-8-14-25(15-9-7-2)18-12-10-17(11-13-18)20-19(21(26)28-5)16(3)24(4)22(27)23-20/h10-13,20H,6-9,14-15H2,1-5H3,(H,23,27)/t20-/m0/s1. The SMILES string of the molecule is CCCCN(CCCC)c1ccc([C@@H]2NC(=O)N(C)C(C)=C2C(=O)OC)cc1. The minimum atomic E-state index is -0.509. The number of nitrogens with one attached hydrogen (secondary N) is 1. The van der Waals surface area contributed by atoms with Crippen molar-refractivity contribution in [1.29, 1.82) is 0 Å². The first-order valence-electron chi connectivity index (χ1n) is 10.1. The average Bonchev–Trinajstić information content (AvgIpc) is 2.71. The quantitative estimate of drug-likeness (QED) is 0.644. The highest BCUT2D eigenvalue weighted by Crippen LogP contribution is 2.31. The van der Waals surface area contributed by atoms with Crippen LogP contribution in [0.4, 0.5) is 10.5 Å². The zero-order valence-corrected chi connectivity index (χ0v) is 17.7. The summed E-state index contributed by atoms with van der Waals surface area (Å²) in [5, 5.41) is 2.91. The van der Waals surface area contributed by atoms with Crippen LogP contribution < -0.4 is 10.2 Å². The van der Waals surface area contributed by atoms with Gasteiger partial charge in [0.1, 0.15) is 0 Å². The van der Waals surface area contributed by atoms with Gasteiger partial charge >= 0.3 is 12.0 Å². The topological polar surface area (TPSA) is 61.9 Å². The number of carbonyl (C=O) groups is 2. The molecule has 0 bridgehead atoms. The van der Waals surface area contributed by atoms with Crippen LogP contribution in [-0.4, -0.2) is 44.1 Å². The molecule has 1 aromatic carbocycles. The molecule has 0 saturated carbocycles. The first kappa shape index (κ1) is 21.8. The van der Waals surface area contributed by atoms with Gasteiger partial charge in [0, 0.05) is 31.5 Å². The van der Waals surface area contributed by atoms with Gasteiger partial charge in [0.25, 0.3) is 0 Å². The summed E-state index contributed by atoms with van der Waals surface area (Å²) in [6.07, 6.45) is 4.64. The number of carbonyl (C=O) groups excluding carboxylic acids is 2. The Hall–Kier alpha value is -2.50. The van der Waals surface area contributed by atoms with Crippen LogP contribution in [-0.2, 0) is 9.53 Å². The van der Waals surface area contributed by atoms with Crippen LogP contribution in [0.2, 0.25) is 0 Å². The molecular formula is C22H33N3O3. The Balaban J connectivity index is 2.31. The highest BCUT2D eigenvalue weighted by molar-refractivity contribution is 5.94. The lowest BCUT2D eigenvalue weighted by atomic mass is 9.95. The van der Waals surface area contributed by atoms with Gasteiger partial charge in [-0.2, -0.15) is 0 Å². The predicted octanol–water partition coefficient (Wildman–Crippen LogP) is 4.24. The van der Waals surface area contributed by atoms with Crippen LogP contribution in [0.1, 0.15) is 58.1 Å². The second-order valence-corrected chi connectivity index (χ2v) is 7.22. The molecule has 2 amide bonds. The fourth-order valence-corrected chi connectivity index (χ4v) is 3.41. The fourth-order valence-electron chi connectivity index (χ4n) is 3.41. The maximum Gasteiger partial charge on any atom is 0.337 e. The average molecular weight is 388 g/mol. The number of methoxy groups -OCH3 is 1. The first-order valence-corrected chi connectivity index (χ1v) is 10.1. The van der Waals surface area contributed by atoms with Gasteiger partial charge in [-0.05, 0) is 37.5 Å². The normalized spacial score (nSPS) is 16.8. The zero-order chi connectivity index (χ0) is 20.7. The number of allylic oxidation sites excluding steroid dienone is 1. The molecule has 0 aromatic heterocycles. The Morgan fingerprint density at radius 1 is 1.14 bits per heavy atom. The second kappa shape index (κ2) is 10.2. The van der Waals surface area contributed by atoms with Crippen LogP contribution in [0.25, 0.3) is 0 Å².